The van der Waals surface area contributed by atoms with Crippen molar-refractivity contribution >= 4 is 17.3 Å². The van der Waals surface area contributed by atoms with Crippen LogP contribution in [0, 0.1) is 0 Å². The summed E-state index contributed by atoms with van der Waals surface area (Å²) < 4.78 is 0. The van der Waals surface area contributed by atoms with Gasteiger partial charge in [0.1, 0.15) is 12.0 Å². The number of hydrogen-bond acceptors (Lipinski definition) is 5. The van der Waals surface area contributed by atoms with E-state index in [2.05, 4.69) is 82.6 Å². The lowest BCUT2D eigenvalue weighted by atomic mass is 10.1. The fraction of sp³-hybridized carbons (Fsp3) is 0.273. The van der Waals surface area contributed by atoms with Gasteiger partial charge >= 0.3 is 0 Å². The summed E-state index contributed by atoms with van der Waals surface area (Å²) in [6.45, 7) is 5.69. The van der Waals surface area contributed by atoms with Crippen LogP contribution in [-0.4, -0.2) is 16.0 Å². The molecule has 0 aliphatic carbocycles. The lowest BCUT2D eigenvalue weighted by Gasteiger charge is -2.26. The van der Waals surface area contributed by atoms with Crippen molar-refractivity contribution in [3.05, 3.63) is 78.1 Å². The zero-order valence-corrected chi connectivity index (χ0v) is 16.0. The molecule has 1 aromatic heterocycles. The maximum Gasteiger partial charge on any atom is 0.158 e. The lowest BCUT2D eigenvalue weighted by molar-refractivity contribution is 0.754. The summed E-state index contributed by atoms with van der Waals surface area (Å²) in [4.78, 5) is 11.1. The van der Waals surface area contributed by atoms with Gasteiger partial charge in [0.15, 0.2) is 11.6 Å². The molecule has 0 amide bonds. The van der Waals surface area contributed by atoms with Gasteiger partial charge in [0, 0.05) is 19.1 Å². The van der Waals surface area contributed by atoms with Crippen molar-refractivity contribution in [1.29, 1.82) is 0 Å². The van der Waals surface area contributed by atoms with Gasteiger partial charge in [0.05, 0.1) is 0 Å². The van der Waals surface area contributed by atoms with Gasteiger partial charge in [0.2, 0.25) is 0 Å². The van der Waals surface area contributed by atoms with E-state index in [0.717, 1.165) is 25.3 Å². The van der Waals surface area contributed by atoms with Crippen molar-refractivity contribution in [3.63, 3.8) is 0 Å². The van der Waals surface area contributed by atoms with E-state index >= 15 is 0 Å². The molecule has 0 saturated carbocycles. The highest BCUT2D eigenvalue weighted by atomic mass is 15.2. The Kier molecular flexibility index (Phi) is 6.26. The van der Waals surface area contributed by atoms with E-state index in [1.54, 1.807) is 6.33 Å². The third-order valence-corrected chi connectivity index (χ3v) is 4.59. The quantitative estimate of drug-likeness (QED) is 0.619. The summed E-state index contributed by atoms with van der Waals surface area (Å²) in [5.74, 6) is 1.45. The minimum atomic E-state index is 0.298. The van der Waals surface area contributed by atoms with E-state index < -0.39 is 0 Å². The van der Waals surface area contributed by atoms with Gasteiger partial charge in [-0.15, -0.1) is 0 Å². The number of hydrogen-bond donors (Lipinski definition) is 2. The first-order chi connectivity index (χ1) is 13.2. The van der Waals surface area contributed by atoms with E-state index in [1.165, 1.54) is 11.1 Å². The van der Waals surface area contributed by atoms with Gasteiger partial charge in [0.25, 0.3) is 0 Å². The van der Waals surface area contributed by atoms with E-state index in [-0.39, 0.29) is 0 Å². The maximum atomic E-state index is 6.47. The molecule has 2 aromatic carbocycles. The number of rotatable bonds is 8. The molecule has 0 saturated heterocycles. The Morgan fingerprint density at radius 1 is 0.926 bits per heavy atom. The first-order valence-corrected chi connectivity index (χ1v) is 9.37. The van der Waals surface area contributed by atoms with E-state index in [0.29, 0.717) is 17.5 Å². The molecule has 0 radical (unpaired) electrons. The van der Waals surface area contributed by atoms with Crippen molar-refractivity contribution in [2.45, 2.75) is 39.4 Å². The normalized spacial score (nSPS) is 11.8. The molecule has 3 N–H and O–H groups in total. The van der Waals surface area contributed by atoms with Crippen molar-refractivity contribution in [1.82, 2.24) is 9.97 Å². The fourth-order valence-electron chi connectivity index (χ4n) is 2.90. The van der Waals surface area contributed by atoms with Crippen LogP contribution in [-0.2, 0) is 13.1 Å². The summed E-state index contributed by atoms with van der Waals surface area (Å²) in [6, 6.07) is 21.0. The fourth-order valence-corrected chi connectivity index (χ4v) is 2.90. The van der Waals surface area contributed by atoms with Gasteiger partial charge in [-0.1, -0.05) is 67.6 Å². The van der Waals surface area contributed by atoms with Crippen LogP contribution in [0.3, 0.4) is 0 Å². The van der Waals surface area contributed by atoms with Crippen LogP contribution in [0.5, 0.6) is 0 Å². The summed E-state index contributed by atoms with van der Waals surface area (Å²) >= 11 is 0. The molecule has 1 atom stereocenters. The van der Waals surface area contributed by atoms with Crippen molar-refractivity contribution in [2.24, 2.45) is 0 Å². The minimum Gasteiger partial charge on any atom is -0.393 e. The van der Waals surface area contributed by atoms with Crippen LogP contribution in [0.15, 0.2) is 67.0 Å². The van der Waals surface area contributed by atoms with Gasteiger partial charge < -0.3 is 16.0 Å². The molecule has 3 rings (SSSR count). The van der Waals surface area contributed by atoms with E-state index in [1.807, 2.05) is 12.1 Å². The highest BCUT2D eigenvalue weighted by molar-refractivity contribution is 5.75. The largest absolute Gasteiger partial charge is 0.393 e. The second kappa shape index (κ2) is 9.03. The maximum absolute atomic E-state index is 6.47. The number of benzene rings is 2. The Bertz CT molecular complexity index is 794. The van der Waals surface area contributed by atoms with Gasteiger partial charge in [-0.2, -0.15) is 0 Å². The number of nitrogens with two attached hydrogens (primary N) is 1. The molecule has 0 spiro atoms. The molecule has 5 nitrogen and oxygen atoms in total. The predicted octanol–water partition coefficient (Wildman–Crippen LogP) is 4.48. The zero-order chi connectivity index (χ0) is 19.1. The molecule has 5 heteroatoms. The van der Waals surface area contributed by atoms with Gasteiger partial charge in [-0.25, -0.2) is 9.97 Å². The summed E-state index contributed by atoms with van der Waals surface area (Å²) in [6.07, 6.45) is 2.58. The average molecular weight is 361 g/mol. The Morgan fingerprint density at radius 3 is 2.00 bits per heavy atom. The third-order valence-electron chi connectivity index (χ3n) is 4.59. The monoisotopic (exact) mass is 361 g/mol. The molecule has 27 heavy (non-hydrogen) atoms. The first kappa shape index (κ1) is 18.7. The number of nitrogens with zero attached hydrogens (tertiary/aromatic N) is 3. The Hall–Kier alpha value is -3.08. The Balaban J connectivity index is 1.93. The van der Waals surface area contributed by atoms with Crippen molar-refractivity contribution in [3.8, 4) is 0 Å². The van der Waals surface area contributed by atoms with Crippen LogP contribution in [0.1, 0.15) is 31.4 Å². The Labute approximate surface area is 161 Å². The number of anilines is 3. The van der Waals surface area contributed by atoms with Gasteiger partial charge in [-0.05, 0) is 24.5 Å². The molecule has 0 fully saturated rings. The number of aromatic nitrogens is 2. The van der Waals surface area contributed by atoms with E-state index in [4.69, 9.17) is 5.73 Å². The van der Waals surface area contributed by atoms with Gasteiger partial charge in [-0.3, -0.25) is 0 Å². The van der Waals surface area contributed by atoms with Crippen LogP contribution in [0.2, 0.25) is 0 Å². The molecule has 0 bridgehead atoms. The molecule has 140 valence electrons. The smallest absolute Gasteiger partial charge is 0.158 e. The average Bonchev–Trinajstić information content (AvgIpc) is 2.70. The molecular weight excluding hydrogens is 334 g/mol. The van der Waals surface area contributed by atoms with Crippen LogP contribution in [0.4, 0.5) is 17.3 Å². The molecule has 0 aliphatic heterocycles. The molecule has 0 aliphatic rings. The molecule has 1 unspecified atom stereocenters. The second-order valence-corrected chi connectivity index (χ2v) is 6.74. The topological polar surface area (TPSA) is 67.1 Å². The van der Waals surface area contributed by atoms with Crippen molar-refractivity contribution in [2.75, 3.05) is 16.0 Å². The van der Waals surface area contributed by atoms with Crippen LogP contribution < -0.4 is 16.0 Å². The lowest BCUT2D eigenvalue weighted by Crippen LogP contribution is -2.25. The molecule has 3 aromatic rings. The highest BCUT2D eigenvalue weighted by Gasteiger charge is 2.17. The number of nitrogen functional groups attached to an aromatic ring is 1. The van der Waals surface area contributed by atoms with Crippen LogP contribution >= 0.6 is 0 Å². The zero-order valence-electron chi connectivity index (χ0n) is 16.0. The molecular formula is C22H27N5. The summed E-state index contributed by atoms with van der Waals surface area (Å²) in [7, 11) is 0. The number of nitrogens with one attached hydrogen (secondary N) is 1. The van der Waals surface area contributed by atoms with E-state index in [9.17, 15) is 0 Å². The highest BCUT2D eigenvalue weighted by Crippen LogP contribution is 2.29. The minimum absolute atomic E-state index is 0.298. The second-order valence-electron chi connectivity index (χ2n) is 6.74. The summed E-state index contributed by atoms with van der Waals surface area (Å²) in [5.41, 5.74) is 9.48. The van der Waals surface area contributed by atoms with Crippen LogP contribution in [0.25, 0.3) is 0 Å². The van der Waals surface area contributed by atoms with Crippen molar-refractivity contribution < 1.29 is 0 Å². The first-order valence-electron chi connectivity index (χ1n) is 9.37. The third kappa shape index (κ3) is 4.97. The molecule has 1 heterocycles. The predicted molar refractivity (Wildman–Crippen MR) is 113 cm³/mol. The SMILES string of the molecule is CCC(C)Nc1ncnc(N(Cc2ccccc2)Cc2ccccc2)c1N. The Morgan fingerprint density at radius 2 is 1.48 bits per heavy atom. The summed E-state index contributed by atoms with van der Waals surface area (Å²) in [5, 5.41) is 3.38. The standard InChI is InChI=1S/C22H27N5/c1-3-17(2)26-21-20(23)22(25-16-24-21)27(14-18-10-6-4-7-11-18)15-19-12-8-5-9-13-19/h4-13,16-17H,3,14-15,23H2,1-2H3,(H,24,25,26).